The second-order valence-corrected chi connectivity index (χ2v) is 4.19. The third-order valence-corrected chi connectivity index (χ3v) is 2.94. The molecule has 0 amide bonds. The van der Waals surface area contributed by atoms with Crippen LogP contribution in [-0.2, 0) is 0 Å². The van der Waals surface area contributed by atoms with Crippen LogP contribution in [0.4, 0.5) is 0 Å². The van der Waals surface area contributed by atoms with Gasteiger partial charge in [0.1, 0.15) is 0 Å². The molecular weight excluding hydrogens is 178 g/mol. The molecule has 0 unspecified atom stereocenters. The van der Waals surface area contributed by atoms with Gasteiger partial charge >= 0.3 is 9.28 Å². The zero-order valence-electron chi connectivity index (χ0n) is 7.97. The summed E-state index contributed by atoms with van der Waals surface area (Å²) in [6.07, 6.45) is 5.53. The van der Waals surface area contributed by atoms with Gasteiger partial charge in [0.25, 0.3) is 0 Å². The van der Waals surface area contributed by atoms with E-state index in [4.69, 9.17) is 0 Å². The molecule has 13 heavy (non-hydrogen) atoms. The van der Waals surface area contributed by atoms with Crippen LogP contribution in [-0.4, -0.2) is 28.9 Å². The van der Waals surface area contributed by atoms with Crippen LogP contribution in [0.2, 0.25) is 0 Å². The summed E-state index contributed by atoms with van der Waals surface area (Å²) >= 11 is 0. The van der Waals surface area contributed by atoms with Crippen LogP contribution in [0.25, 0.3) is 0 Å². The van der Waals surface area contributed by atoms with Crippen molar-refractivity contribution in [3.05, 3.63) is 38.0 Å². The Hall–Kier alpha value is -0.683. The van der Waals surface area contributed by atoms with Crippen molar-refractivity contribution in [2.45, 2.75) is 0 Å². The second kappa shape index (κ2) is 9.41. The highest BCUT2D eigenvalue weighted by Gasteiger charge is 2.07. The van der Waals surface area contributed by atoms with Crippen LogP contribution in [0.15, 0.2) is 38.0 Å². The molecule has 0 aromatic rings. The molecule has 0 bridgehead atoms. The van der Waals surface area contributed by atoms with Crippen molar-refractivity contribution in [1.29, 1.82) is 0 Å². The van der Waals surface area contributed by atoms with Gasteiger partial charge in [0.15, 0.2) is 0 Å². The van der Waals surface area contributed by atoms with Crippen LogP contribution in [0.3, 0.4) is 0 Å². The summed E-state index contributed by atoms with van der Waals surface area (Å²) in [7, 11) is -0.896. The first-order valence-electron chi connectivity index (χ1n) is 4.26. The highest BCUT2D eigenvalue weighted by Crippen LogP contribution is 1.69. The van der Waals surface area contributed by atoms with Gasteiger partial charge in [-0.25, -0.2) is 0 Å². The third kappa shape index (κ3) is 7.67. The molecule has 73 valence electrons. The number of nitrogens with one attached hydrogen (secondary N) is 3. The lowest BCUT2D eigenvalue weighted by atomic mass is 10.7. The summed E-state index contributed by atoms with van der Waals surface area (Å²) in [5.74, 6) is 0. The van der Waals surface area contributed by atoms with E-state index in [1.807, 2.05) is 18.2 Å². The predicted octanol–water partition coefficient (Wildman–Crippen LogP) is 0.298. The first kappa shape index (κ1) is 12.3. The average Bonchev–Trinajstić information content (AvgIpc) is 2.17. The summed E-state index contributed by atoms with van der Waals surface area (Å²) in [5, 5.41) is 0. The number of hydrogen-bond acceptors (Lipinski definition) is 3. The minimum atomic E-state index is -0.896. The standard InChI is InChI=1S/C9H18N3Si/c1-4-7-10-13(11-8-5-2)12-9-6-3/h4-6,10-12H,1-3,7-9H2. The van der Waals surface area contributed by atoms with Crippen LogP contribution in [0.1, 0.15) is 0 Å². The Bertz CT molecular complexity index is 130. The molecular formula is C9H18N3Si. The minimum absolute atomic E-state index is 0.808. The number of rotatable bonds is 9. The fourth-order valence-electron chi connectivity index (χ4n) is 0.710. The zero-order valence-corrected chi connectivity index (χ0v) is 8.97. The summed E-state index contributed by atoms with van der Waals surface area (Å²) in [6.45, 7) is 13.4. The molecule has 3 nitrogen and oxygen atoms in total. The molecule has 0 saturated heterocycles. The van der Waals surface area contributed by atoms with E-state index in [1.54, 1.807) is 0 Å². The lowest BCUT2D eigenvalue weighted by Crippen LogP contribution is -2.58. The summed E-state index contributed by atoms with van der Waals surface area (Å²) in [6, 6.07) is 0. The quantitative estimate of drug-likeness (QED) is 0.367. The van der Waals surface area contributed by atoms with Gasteiger partial charge in [-0.05, 0) is 0 Å². The van der Waals surface area contributed by atoms with E-state index >= 15 is 0 Å². The van der Waals surface area contributed by atoms with Crippen molar-refractivity contribution in [2.75, 3.05) is 19.6 Å². The Balaban J connectivity index is 3.64. The maximum absolute atomic E-state index is 3.65. The lowest BCUT2D eigenvalue weighted by Gasteiger charge is -2.15. The molecule has 0 aromatic carbocycles. The van der Waals surface area contributed by atoms with Gasteiger partial charge in [-0.2, -0.15) is 0 Å². The Morgan fingerprint density at radius 2 is 1.08 bits per heavy atom. The molecule has 0 aliphatic rings. The second-order valence-electron chi connectivity index (χ2n) is 2.38. The van der Waals surface area contributed by atoms with Gasteiger partial charge in [-0.15, -0.1) is 19.7 Å². The summed E-state index contributed by atoms with van der Waals surface area (Å²) in [4.78, 5) is 9.92. The van der Waals surface area contributed by atoms with Crippen LogP contribution < -0.4 is 14.9 Å². The minimum Gasteiger partial charge on any atom is -0.309 e. The van der Waals surface area contributed by atoms with E-state index in [0.717, 1.165) is 19.6 Å². The largest absolute Gasteiger partial charge is 0.319 e. The molecule has 0 saturated carbocycles. The van der Waals surface area contributed by atoms with Gasteiger partial charge in [-0.3, -0.25) is 0 Å². The van der Waals surface area contributed by atoms with Crippen molar-refractivity contribution in [3.8, 4) is 0 Å². The molecule has 0 fully saturated rings. The highest BCUT2D eigenvalue weighted by molar-refractivity contribution is 6.50. The van der Waals surface area contributed by atoms with E-state index in [9.17, 15) is 0 Å². The Kier molecular flexibility index (Phi) is 8.91. The van der Waals surface area contributed by atoms with E-state index in [2.05, 4.69) is 34.7 Å². The Morgan fingerprint density at radius 1 is 0.769 bits per heavy atom. The molecule has 3 N–H and O–H groups in total. The van der Waals surface area contributed by atoms with Crippen LogP contribution in [0, 0.1) is 0 Å². The predicted molar refractivity (Wildman–Crippen MR) is 60.4 cm³/mol. The van der Waals surface area contributed by atoms with E-state index in [0.29, 0.717) is 0 Å². The topological polar surface area (TPSA) is 36.1 Å². The zero-order chi connectivity index (χ0) is 9.94. The van der Waals surface area contributed by atoms with Crippen LogP contribution >= 0.6 is 0 Å². The lowest BCUT2D eigenvalue weighted by molar-refractivity contribution is 0.878. The fraction of sp³-hybridized carbons (Fsp3) is 0.333. The normalized spacial score (nSPS) is 9.92. The smallest absolute Gasteiger partial charge is 0.309 e. The molecule has 0 spiro atoms. The number of hydrogen-bond donors (Lipinski definition) is 3. The molecule has 0 rings (SSSR count). The average molecular weight is 196 g/mol. The van der Waals surface area contributed by atoms with Gasteiger partial charge in [0.2, 0.25) is 0 Å². The SMILES string of the molecule is C=CCN[Si](NCC=C)NCC=C. The molecule has 0 atom stereocenters. The maximum atomic E-state index is 3.65. The first-order valence-corrected chi connectivity index (χ1v) is 5.76. The first-order chi connectivity index (χ1) is 6.35. The van der Waals surface area contributed by atoms with E-state index < -0.39 is 9.28 Å². The third-order valence-electron chi connectivity index (χ3n) is 1.27. The van der Waals surface area contributed by atoms with Crippen molar-refractivity contribution < 1.29 is 0 Å². The van der Waals surface area contributed by atoms with Crippen LogP contribution in [0.5, 0.6) is 0 Å². The fourth-order valence-corrected chi connectivity index (χ4v) is 2.13. The molecule has 0 aliphatic heterocycles. The van der Waals surface area contributed by atoms with Gasteiger partial charge in [0, 0.05) is 19.6 Å². The summed E-state index contributed by atoms with van der Waals surface area (Å²) in [5.41, 5.74) is 0. The Morgan fingerprint density at radius 3 is 1.31 bits per heavy atom. The van der Waals surface area contributed by atoms with E-state index in [1.165, 1.54) is 0 Å². The van der Waals surface area contributed by atoms with Gasteiger partial charge < -0.3 is 14.9 Å². The molecule has 0 heterocycles. The van der Waals surface area contributed by atoms with Gasteiger partial charge in [-0.1, -0.05) is 18.2 Å². The highest BCUT2D eigenvalue weighted by atomic mass is 28.3. The Labute approximate surface area is 82.5 Å². The summed E-state index contributed by atoms with van der Waals surface area (Å²) < 4.78 is 0. The van der Waals surface area contributed by atoms with Crippen molar-refractivity contribution >= 4 is 9.28 Å². The molecule has 1 radical (unpaired) electrons. The van der Waals surface area contributed by atoms with Gasteiger partial charge in [0.05, 0.1) is 0 Å². The molecule has 0 aliphatic carbocycles. The molecule has 4 heteroatoms. The molecule has 0 aromatic heterocycles. The van der Waals surface area contributed by atoms with Crippen molar-refractivity contribution in [3.63, 3.8) is 0 Å². The maximum Gasteiger partial charge on any atom is 0.319 e. The van der Waals surface area contributed by atoms with Crippen molar-refractivity contribution in [2.24, 2.45) is 0 Å². The van der Waals surface area contributed by atoms with E-state index in [-0.39, 0.29) is 0 Å². The van der Waals surface area contributed by atoms with Crippen molar-refractivity contribution in [1.82, 2.24) is 14.9 Å². The monoisotopic (exact) mass is 196 g/mol.